The van der Waals surface area contributed by atoms with Crippen molar-refractivity contribution in [1.29, 1.82) is 0 Å². The molecule has 0 saturated heterocycles. The third-order valence-electron chi connectivity index (χ3n) is 0.888. The molecule has 0 aliphatic carbocycles. The van der Waals surface area contributed by atoms with Gasteiger partial charge in [-0.2, -0.15) is 5.10 Å². The van der Waals surface area contributed by atoms with E-state index in [0.29, 0.717) is 12.1 Å². The van der Waals surface area contributed by atoms with Crippen molar-refractivity contribution < 1.29 is 9.53 Å². The van der Waals surface area contributed by atoms with Crippen LogP contribution < -0.4 is 5.84 Å². The lowest BCUT2D eigenvalue weighted by atomic mass is 10.3. The van der Waals surface area contributed by atoms with E-state index in [4.69, 9.17) is 5.84 Å². The molecule has 0 unspecified atom stereocenters. The summed E-state index contributed by atoms with van der Waals surface area (Å²) in [6, 6.07) is 0. The highest BCUT2D eigenvalue weighted by Gasteiger charge is 1.93. The topological polar surface area (TPSA) is 64.7 Å². The number of carbonyl (C=O) groups excluding carboxylic acids is 1. The fourth-order valence-electron chi connectivity index (χ4n) is 0.343. The SMILES string of the molecule is CCC(CO[C]=O)=NN. The number of hydrazone groups is 1. The maximum atomic E-state index is 9.50. The monoisotopic (exact) mass is 129 g/mol. The number of nitrogens with two attached hydrogens (primary N) is 1. The summed E-state index contributed by atoms with van der Waals surface area (Å²) in [7, 11) is 0. The van der Waals surface area contributed by atoms with Crippen molar-refractivity contribution in [2.45, 2.75) is 13.3 Å². The maximum Gasteiger partial charge on any atom is 0.417 e. The molecule has 0 rings (SSSR count). The van der Waals surface area contributed by atoms with Gasteiger partial charge in [0.15, 0.2) is 0 Å². The first-order chi connectivity index (χ1) is 4.35. The average molecular weight is 129 g/mol. The van der Waals surface area contributed by atoms with Crippen LogP contribution in [-0.2, 0) is 9.53 Å². The summed E-state index contributed by atoms with van der Waals surface area (Å²) in [5.74, 6) is 4.90. The van der Waals surface area contributed by atoms with E-state index in [9.17, 15) is 4.79 Å². The van der Waals surface area contributed by atoms with Crippen LogP contribution in [0.4, 0.5) is 0 Å². The number of ether oxygens (including phenoxy) is 1. The first kappa shape index (κ1) is 7.94. The van der Waals surface area contributed by atoms with Crippen LogP contribution in [0.3, 0.4) is 0 Å². The van der Waals surface area contributed by atoms with Crippen LogP contribution in [0.1, 0.15) is 13.3 Å². The van der Waals surface area contributed by atoms with Crippen LogP contribution in [0.2, 0.25) is 0 Å². The van der Waals surface area contributed by atoms with Gasteiger partial charge >= 0.3 is 6.47 Å². The van der Waals surface area contributed by atoms with Gasteiger partial charge in [-0.25, -0.2) is 4.79 Å². The molecule has 9 heavy (non-hydrogen) atoms. The fourth-order valence-corrected chi connectivity index (χ4v) is 0.343. The van der Waals surface area contributed by atoms with Gasteiger partial charge in [0.25, 0.3) is 0 Å². The summed E-state index contributed by atoms with van der Waals surface area (Å²) >= 11 is 0. The van der Waals surface area contributed by atoms with E-state index >= 15 is 0 Å². The Labute approximate surface area is 53.7 Å². The van der Waals surface area contributed by atoms with Crippen LogP contribution in [-0.4, -0.2) is 18.8 Å². The molecule has 0 spiro atoms. The minimum absolute atomic E-state index is 0.149. The molecule has 0 aromatic rings. The highest BCUT2D eigenvalue weighted by atomic mass is 16.5. The smallest absolute Gasteiger partial charge is 0.417 e. The zero-order chi connectivity index (χ0) is 7.11. The van der Waals surface area contributed by atoms with Gasteiger partial charge in [0.1, 0.15) is 6.61 Å². The molecule has 0 aromatic carbocycles. The molecule has 0 amide bonds. The van der Waals surface area contributed by atoms with Gasteiger partial charge < -0.3 is 10.6 Å². The Balaban J connectivity index is 3.44. The minimum atomic E-state index is 0.149. The van der Waals surface area contributed by atoms with Crippen LogP contribution in [0.25, 0.3) is 0 Å². The predicted octanol–water partition coefficient (Wildman–Crippen LogP) is -0.205. The lowest BCUT2D eigenvalue weighted by Gasteiger charge is -1.96. The standard InChI is InChI=1S/C5H9N2O2/c1-2-5(7-6)3-9-4-8/h2-3,6H2,1H3. The zero-order valence-corrected chi connectivity index (χ0v) is 5.26. The van der Waals surface area contributed by atoms with Crippen molar-refractivity contribution in [3.05, 3.63) is 0 Å². The van der Waals surface area contributed by atoms with Gasteiger partial charge in [0.2, 0.25) is 0 Å². The van der Waals surface area contributed by atoms with Crippen molar-refractivity contribution in [3.63, 3.8) is 0 Å². The van der Waals surface area contributed by atoms with Crippen molar-refractivity contribution in [2.24, 2.45) is 10.9 Å². The van der Waals surface area contributed by atoms with Crippen LogP contribution in [0, 0.1) is 0 Å². The van der Waals surface area contributed by atoms with E-state index in [-0.39, 0.29) is 6.61 Å². The van der Waals surface area contributed by atoms with Gasteiger partial charge in [0.05, 0.1) is 5.71 Å². The molecule has 0 aromatic heterocycles. The quantitative estimate of drug-likeness (QED) is 0.324. The summed E-state index contributed by atoms with van der Waals surface area (Å²) < 4.78 is 4.26. The lowest BCUT2D eigenvalue weighted by Crippen LogP contribution is -2.08. The highest BCUT2D eigenvalue weighted by Crippen LogP contribution is 1.82. The largest absolute Gasteiger partial charge is 0.451 e. The Morgan fingerprint density at radius 1 is 1.89 bits per heavy atom. The third-order valence-corrected chi connectivity index (χ3v) is 0.888. The average Bonchev–Trinajstić information content (AvgIpc) is 1.91. The Morgan fingerprint density at radius 2 is 2.56 bits per heavy atom. The Kier molecular flexibility index (Phi) is 4.49. The number of hydrogen-bond donors (Lipinski definition) is 1. The molecule has 1 radical (unpaired) electrons. The maximum absolute atomic E-state index is 9.50. The second kappa shape index (κ2) is 5.08. The van der Waals surface area contributed by atoms with Crippen LogP contribution in [0.5, 0.6) is 0 Å². The van der Waals surface area contributed by atoms with E-state index in [2.05, 4.69) is 9.84 Å². The minimum Gasteiger partial charge on any atom is -0.451 e. The normalized spacial score (nSPS) is 11.0. The van der Waals surface area contributed by atoms with Gasteiger partial charge in [-0.05, 0) is 6.42 Å². The van der Waals surface area contributed by atoms with E-state index in [1.54, 1.807) is 0 Å². The molecule has 2 N–H and O–H groups in total. The van der Waals surface area contributed by atoms with E-state index in [0.717, 1.165) is 0 Å². The molecule has 0 heterocycles. The van der Waals surface area contributed by atoms with Crippen molar-refractivity contribution in [2.75, 3.05) is 6.61 Å². The third kappa shape index (κ3) is 3.52. The molecule has 0 saturated carbocycles. The molecule has 0 aliphatic rings. The van der Waals surface area contributed by atoms with Gasteiger partial charge in [-0.1, -0.05) is 6.92 Å². The predicted molar refractivity (Wildman–Crippen MR) is 33.6 cm³/mol. The van der Waals surface area contributed by atoms with Gasteiger partial charge in [-0.15, -0.1) is 0 Å². The molecule has 0 bridgehead atoms. The zero-order valence-electron chi connectivity index (χ0n) is 5.26. The molecular formula is C5H9N2O2. The van der Waals surface area contributed by atoms with Crippen molar-refractivity contribution >= 4 is 12.2 Å². The molecule has 0 aliphatic heterocycles. The number of hydrogen-bond acceptors (Lipinski definition) is 4. The van der Waals surface area contributed by atoms with Gasteiger partial charge in [-0.3, -0.25) is 0 Å². The van der Waals surface area contributed by atoms with E-state index in [1.807, 2.05) is 6.92 Å². The lowest BCUT2D eigenvalue weighted by molar-refractivity contribution is 0.323. The van der Waals surface area contributed by atoms with Crippen molar-refractivity contribution in [3.8, 4) is 0 Å². The van der Waals surface area contributed by atoms with Crippen LogP contribution >= 0.6 is 0 Å². The molecular weight excluding hydrogens is 120 g/mol. The highest BCUT2D eigenvalue weighted by molar-refractivity contribution is 5.85. The Bertz CT molecular complexity index is 112. The Hall–Kier alpha value is -1.06. The summed E-state index contributed by atoms with van der Waals surface area (Å²) in [5, 5.41) is 3.36. The van der Waals surface area contributed by atoms with E-state index < -0.39 is 0 Å². The number of nitrogens with zero attached hydrogens (tertiary/aromatic N) is 1. The van der Waals surface area contributed by atoms with Crippen molar-refractivity contribution in [1.82, 2.24) is 0 Å². The van der Waals surface area contributed by atoms with Gasteiger partial charge in [0, 0.05) is 0 Å². The summed E-state index contributed by atoms with van der Waals surface area (Å²) in [6.45, 7) is 3.30. The first-order valence-corrected chi connectivity index (χ1v) is 2.59. The molecule has 4 heteroatoms. The summed E-state index contributed by atoms with van der Waals surface area (Å²) in [4.78, 5) is 9.50. The molecule has 0 atom stereocenters. The molecule has 0 fully saturated rings. The summed E-state index contributed by atoms with van der Waals surface area (Å²) in [6.07, 6.45) is 0.693. The van der Waals surface area contributed by atoms with Crippen LogP contribution in [0.15, 0.2) is 5.10 Å². The molecule has 4 nitrogen and oxygen atoms in total. The second-order valence-corrected chi connectivity index (χ2v) is 1.42. The Morgan fingerprint density at radius 3 is 2.89 bits per heavy atom. The fraction of sp³-hybridized carbons (Fsp3) is 0.600. The number of rotatable bonds is 4. The molecule has 51 valence electrons. The second-order valence-electron chi connectivity index (χ2n) is 1.42. The van der Waals surface area contributed by atoms with E-state index in [1.165, 1.54) is 6.47 Å². The summed E-state index contributed by atoms with van der Waals surface area (Å²) in [5.41, 5.74) is 0.651. The first-order valence-electron chi connectivity index (χ1n) is 2.59.